The first-order chi connectivity index (χ1) is 16.8. The van der Waals surface area contributed by atoms with Crippen LogP contribution in [0.2, 0.25) is 5.02 Å². The average Bonchev–Trinajstić information content (AvgIpc) is 3.17. The van der Waals surface area contributed by atoms with Crippen molar-refractivity contribution in [2.45, 2.75) is 42.6 Å². The second kappa shape index (κ2) is 7.95. The van der Waals surface area contributed by atoms with Gasteiger partial charge in [0.25, 0.3) is 10.0 Å². The molecular formula is C26H24ClF3N2O3S. The Morgan fingerprint density at radius 1 is 1.06 bits per heavy atom. The van der Waals surface area contributed by atoms with Gasteiger partial charge in [0.2, 0.25) is 5.72 Å². The molecule has 0 bridgehead atoms. The molecule has 0 radical (unpaired) electrons. The van der Waals surface area contributed by atoms with Crippen LogP contribution in [0.5, 0.6) is 0 Å². The molecule has 190 valence electrons. The first kappa shape index (κ1) is 25.1. The third-order valence-corrected chi connectivity index (χ3v) is 9.33. The lowest BCUT2D eigenvalue weighted by atomic mass is 9.63. The van der Waals surface area contributed by atoms with Crippen molar-refractivity contribution in [3.05, 3.63) is 94.5 Å². The molecule has 0 aromatic heterocycles. The maximum Gasteiger partial charge on any atom is 0.389 e. The molecule has 3 atom stereocenters. The number of hydrogen-bond donors (Lipinski definition) is 1. The Labute approximate surface area is 212 Å². The summed E-state index contributed by atoms with van der Waals surface area (Å²) in [6.45, 7) is 2.78. The molecule has 2 aliphatic heterocycles. The van der Waals surface area contributed by atoms with Crippen LogP contribution in [0.4, 0.5) is 18.9 Å². The summed E-state index contributed by atoms with van der Waals surface area (Å²) in [5.41, 5.74) is 2.92. The fraction of sp³-hybridized carbons (Fsp3) is 0.308. The minimum atomic E-state index is -4.58. The zero-order valence-electron chi connectivity index (χ0n) is 19.5. The van der Waals surface area contributed by atoms with Crippen molar-refractivity contribution < 1.29 is 26.3 Å². The Hall–Kier alpha value is -2.59. The smallest absolute Gasteiger partial charge is 0.348 e. The predicted molar refractivity (Wildman–Crippen MR) is 131 cm³/mol. The van der Waals surface area contributed by atoms with E-state index in [-0.39, 0.29) is 21.2 Å². The number of sulfonamides is 1. The Morgan fingerprint density at radius 3 is 2.31 bits per heavy atom. The quantitative estimate of drug-likeness (QED) is 0.454. The van der Waals surface area contributed by atoms with Gasteiger partial charge >= 0.3 is 6.18 Å². The minimum absolute atomic E-state index is 0.0402. The largest absolute Gasteiger partial charge is 0.389 e. The number of aryl methyl sites for hydroxylation is 1. The second-order valence-corrected chi connectivity index (χ2v) is 11.9. The average molecular weight is 537 g/mol. The summed E-state index contributed by atoms with van der Waals surface area (Å²) in [5.74, 6) is 0. The number of anilines is 1. The van der Waals surface area contributed by atoms with Crippen molar-refractivity contribution >= 4 is 27.3 Å². The Kier molecular flexibility index (Phi) is 5.54. The third kappa shape index (κ3) is 3.33. The second-order valence-electron chi connectivity index (χ2n) is 9.70. The van der Waals surface area contributed by atoms with Crippen LogP contribution in [-0.2, 0) is 26.0 Å². The van der Waals surface area contributed by atoms with Gasteiger partial charge in [-0.15, -0.1) is 0 Å². The van der Waals surface area contributed by atoms with Gasteiger partial charge in [0.1, 0.15) is 5.54 Å². The maximum absolute atomic E-state index is 14.3. The van der Waals surface area contributed by atoms with E-state index < -0.39 is 45.9 Å². The summed E-state index contributed by atoms with van der Waals surface area (Å²) in [7, 11) is -4.37. The number of ether oxygens (including phenoxy) is 1. The Balaban J connectivity index is 1.88. The predicted octanol–water partition coefficient (Wildman–Crippen LogP) is 5.85. The fourth-order valence-electron chi connectivity index (χ4n) is 5.64. The topological polar surface area (TPSA) is 72.6 Å². The van der Waals surface area contributed by atoms with Crippen molar-refractivity contribution in [1.82, 2.24) is 0 Å². The van der Waals surface area contributed by atoms with Crippen LogP contribution in [0, 0.1) is 12.3 Å². The van der Waals surface area contributed by atoms with Gasteiger partial charge < -0.3 is 10.5 Å². The summed E-state index contributed by atoms with van der Waals surface area (Å²) >= 11 is 6.30. The number of alkyl halides is 3. The number of hydrogen-bond acceptors (Lipinski definition) is 4. The van der Waals surface area contributed by atoms with E-state index in [1.807, 2.05) is 6.92 Å². The van der Waals surface area contributed by atoms with Crippen LogP contribution in [-0.4, -0.2) is 21.2 Å². The normalized spacial score (nSPS) is 27.7. The summed E-state index contributed by atoms with van der Waals surface area (Å²) in [4.78, 5) is -0.0402. The summed E-state index contributed by atoms with van der Waals surface area (Å²) in [6, 6.07) is 18.9. The highest BCUT2D eigenvalue weighted by molar-refractivity contribution is 7.93. The molecule has 0 unspecified atom stereocenters. The van der Waals surface area contributed by atoms with Crippen LogP contribution in [0.3, 0.4) is 0 Å². The lowest BCUT2D eigenvalue weighted by Gasteiger charge is -2.47. The van der Waals surface area contributed by atoms with Crippen molar-refractivity contribution in [1.29, 1.82) is 0 Å². The first-order valence-corrected chi connectivity index (χ1v) is 13.1. The first-order valence-electron chi connectivity index (χ1n) is 11.2. The van der Waals surface area contributed by atoms with Gasteiger partial charge in [0.15, 0.2) is 0 Å². The molecule has 10 heteroatoms. The molecule has 36 heavy (non-hydrogen) atoms. The van der Waals surface area contributed by atoms with E-state index in [0.717, 1.165) is 9.87 Å². The van der Waals surface area contributed by atoms with E-state index in [2.05, 4.69) is 0 Å². The number of fused-ring (bicyclic) bond motifs is 3. The summed E-state index contributed by atoms with van der Waals surface area (Å²) < 4.78 is 77.7. The summed E-state index contributed by atoms with van der Waals surface area (Å²) in [6.07, 6.45) is -5.87. The van der Waals surface area contributed by atoms with E-state index in [1.165, 1.54) is 37.3 Å². The number of rotatable bonds is 4. The van der Waals surface area contributed by atoms with E-state index in [1.54, 1.807) is 42.5 Å². The number of nitrogens with zero attached hydrogens (tertiary/aromatic N) is 1. The van der Waals surface area contributed by atoms with Crippen LogP contribution < -0.4 is 10.0 Å². The number of benzene rings is 3. The molecule has 3 aromatic rings. The highest BCUT2D eigenvalue weighted by Gasteiger charge is 2.77. The lowest BCUT2D eigenvalue weighted by Crippen LogP contribution is -2.64. The standard InChI is InChI=1S/C26H24ClF3N2O3S/c1-17-8-11-20(12-9-17)36(33,34)32-22-13-10-19(27)14-21(22)25(31)23(2,15-24(28,29)30)16-35-26(25,32)18-6-4-3-5-7-18/h3-14H,15-16,31H2,1-2H3/t23-,25-,26-/m1/s1. The van der Waals surface area contributed by atoms with Crippen molar-refractivity contribution in [2.75, 3.05) is 10.9 Å². The fourth-order valence-corrected chi connectivity index (χ4v) is 7.56. The van der Waals surface area contributed by atoms with Crippen molar-refractivity contribution in [3.63, 3.8) is 0 Å². The molecule has 5 nitrogen and oxygen atoms in total. The molecule has 2 N–H and O–H groups in total. The minimum Gasteiger partial charge on any atom is -0.348 e. The van der Waals surface area contributed by atoms with Gasteiger partial charge in [-0.1, -0.05) is 66.6 Å². The number of nitrogens with two attached hydrogens (primary N) is 1. The van der Waals surface area contributed by atoms with Crippen molar-refractivity contribution in [2.24, 2.45) is 11.1 Å². The van der Waals surface area contributed by atoms with Crippen LogP contribution in [0.1, 0.15) is 30.0 Å². The zero-order chi connectivity index (χ0) is 26.1. The van der Waals surface area contributed by atoms with Crippen LogP contribution in [0.25, 0.3) is 0 Å². The van der Waals surface area contributed by atoms with Gasteiger partial charge in [0, 0.05) is 21.6 Å². The molecular weight excluding hydrogens is 513 g/mol. The maximum atomic E-state index is 14.3. The lowest BCUT2D eigenvalue weighted by molar-refractivity contribution is -0.163. The molecule has 1 fully saturated rings. The highest BCUT2D eigenvalue weighted by atomic mass is 35.5. The van der Waals surface area contributed by atoms with E-state index in [0.29, 0.717) is 5.56 Å². The molecule has 0 aliphatic carbocycles. The Bertz CT molecular complexity index is 1430. The SMILES string of the molecule is Cc1ccc(S(=O)(=O)N2c3ccc(Cl)cc3[C@@]3(N)[C@](C)(CC(F)(F)F)CO[C@@]23c2ccccc2)cc1. The monoisotopic (exact) mass is 536 g/mol. The molecule has 5 rings (SSSR count). The molecule has 2 heterocycles. The highest BCUT2D eigenvalue weighted by Crippen LogP contribution is 2.68. The Morgan fingerprint density at radius 2 is 1.69 bits per heavy atom. The molecule has 2 aliphatic rings. The van der Waals surface area contributed by atoms with Crippen molar-refractivity contribution in [3.8, 4) is 0 Å². The van der Waals surface area contributed by atoms with Gasteiger partial charge in [-0.2, -0.15) is 13.2 Å². The van der Waals surface area contributed by atoms with Gasteiger partial charge in [-0.3, -0.25) is 0 Å². The van der Waals surface area contributed by atoms with E-state index in [9.17, 15) is 21.6 Å². The molecule has 1 saturated heterocycles. The molecule has 0 amide bonds. The number of halogens is 4. The summed E-state index contributed by atoms with van der Waals surface area (Å²) in [5, 5.41) is 0.219. The van der Waals surface area contributed by atoms with Gasteiger partial charge in [0.05, 0.1) is 23.6 Å². The van der Waals surface area contributed by atoms with Crippen LogP contribution >= 0.6 is 11.6 Å². The molecule has 0 spiro atoms. The van der Waals surface area contributed by atoms with E-state index >= 15 is 0 Å². The molecule has 0 saturated carbocycles. The van der Waals surface area contributed by atoms with E-state index in [4.69, 9.17) is 22.1 Å². The van der Waals surface area contributed by atoms with Crippen LogP contribution in [0.15, 0.2) is 77.7 Å². The van der Waals surface area contributed by atoms with Gasteiger partial charge in [-0.25, -0.2) is 12.7 Å². The van der Waals surface area contributed by atoms with Gasteiger partial charge in [-0.05, 0) is 37.3 Å². The third-order valence-electron chi connectivity index (χ3n) is 7.29. The molecule has 3 aromatic carbocycles. The zero-order valence-corrected chi connectivity index (χ0v) is 21.1.